The van der Waals surface area contributed by atoms with E-state index in [-0.39, 0.29) is 23.4 Å². The van der Waals surface area contributed by atoms with E-state index in [0.717, 1.165) is 6.07 Å². The van der Waals surface area contributed by atoms with Crippen LogP contribution in [-0.2, 0) is 11.3 Å². The zero-order valence-electron chi connectivity index (χ0n) is 8.37. The summed E-state index contributed by atoms with van der Waals surface area (Å²) in [5.74, 6) is -0.672. The number of nitro groups is 1. The van der Waals surface area contributed by atoms with E-state index in [1.54, 1.807) is 0 Å². The highest BCUT2D eigenvalue weighted by Gasteiger charge is 2.17. The quantitative estimate of drug-likeness (QED) is 0.335. The van der Waals surface area contributed by atoms with Gasteiger partial charge in [-0.1, -0.05) is 5.18 Å². The van der Waals surface area contributed by atoms with Crippen molar-refractivity contribution in [1.82, 2.24) is 0 Å². The van der Waals surface area contributed by atoms with Crippen molar-refractivity contribution in [3.8, 4) is 0 Å². The zero-order valence-corrected chi connectivity index (χ0v) is 8.37. The molecular weight excluding hydrogens is 216 g/mol. The first kappa shape index (κ1) is 11.8. The van der Waals surface area contributed by atoms with E-state index >= 15 is 0 Å². The molecule has 0 spiro atoms. The molecule has 0 aliphatic carbocycles. The first-order valence-corrected chi connectivity index (χ1v) is 4.25. The normalized spacial score (nSPS) is 9.56. The Hall–Kier alpha value is -2.31. The number of benzene rings is 1. The Balaban J connectivity index is 3.22. The van der Waals surface area contributed by atoms with E-state index < -0.39 is 10.9 Å². The van der Waals surface area contributed by atoms with E-state index in [1.165, 1.54) is 19.2 Å². The molecule has 0 saturated carbocycles. The van der Waals surface area contributed by atoms with Gasteiger partial charge in [0.15, 0.2) is 0 Å². The second kappa shape index (κ2) is 4.96. The number of nitroso groups, excluding NO2 is 1. The maximum Gasteiger partial charge on any atom is 0.338 e. The predicted octanol–water partition coefficient (Wildman–Crippen LogP) is 1.65. The fourth-order valence-corrected chi connectivity index (χ4v) is 1.18. The van der Waals surface area contributed by atoms with Crippen LogP contribution >= 0.6 is 0 Å². The van der Waals surface area contributed by atoms with Gasteiger partial charge in [-0.05, 0) is 12.1 Å². The molecule has 1 aromatic rings. The fourth-order valence-electron chi connectivity index (χ4n) is 1.18. The average Bonchev–Trinajstić information content (AvgIpc) is 2.28. The van der Waals surface area contributed by atoms with Gasteiger partial charge in [0.25, 0.3) is 5.69 Å². The van der Waals surface area contributed by atoms with Gasteiger partial charge in [-0.3, -0.25) is 10.1 Å². The number of hydrogen-bond acceptors (Lipinski definition) is 6. The number of rotatable bonds is 4. The molecule has 16 heavy (non-hydrogen) atoms. The largest absolute Gasteiger partial charge is 0.465 e. The number of ether oxygens (including phenoxy) is 1. The molecule has 1 rings (SSSR count). The Kier molecular flexibility index (Phi) is 3.65. The molecule has 0 radical (unpaired) electrons. The average molecular weight is 224 g/mol. The number of methoxy groups -OCH3 is 1. The second-order valence-electron chi connectivity index (χ2n) is 2.88. The second-order valence-corrected chi connectivity index (χ2v) is 2.88. The highest BCUT2D eigenvalue weighted by atomic mass is 16.6. The summed E-state index contributed by atoms with van der Waals surface area (Å²) >= 11 is 0. The Morgan fingerprint density at radius 1 is 1.56 bits per heavy atom. The molecule has 0 amide bonds. The lowest BCUT2D eigenvalue weighted by molar-refractivity contribution is -0.385. The van der Waals surface area contributed by atoms with Crippen LogP contribution in [0.3, 0.4) is 0 Å². The molecule has 1 aromatic carbocycles. The molecule has 0 saturated heterocycles. The first-order valence-electron chi connectivity index (χ1n) is 4.25. The van der Waals surface area contributed by atoms with Gasteiger partial charge in [-0.15, -0.1) is 0 Å². The van der Waals surface area contributed by atoms with E-state index in [1.807, 2.05) is 0 Å². The van der Waals surface area contributed by atoms with Crippen LogP contribution in [0.25, 0.3) is 0 Å². The van der Waals surface area contributed by atoms with Crippen LogP contribution < -0.4 is 0 Å². The maximum atomic E-state index is 11.1. The van der Waals surface area contributed by atoms with Crippen LogP contribution in [0, 0.1) is 15.0 Å². The Morgan fingerprint density at radius 2 is 2.25 bits per heavy atom. The summed E-state index contributed by atoms with van der Waals surface area (Å²) < 4.78 is 4.42. The Bertz CT molecular complexity index is 444. The van der Waals surface area contributed by atoms with Gasteiger partial charge in [-0.25, -0.2) is 4.79 Å². The van der Waals surface area contributed by atoms with Gasteiger partial charge >= 0.3 is 5.97 Å². The van der Waals surface area contributed by atoms with Crippen molar-refractivity contribution in [2.24, 2.45) is 5.18 Å². The minimum atomic E-state index is -0.674. The van der Waals surface area contributed by atoms with Crippen LogP contribution in [-0.4, -0.2) is 18.0 Å². The summed E-state index contributed by atoms with van der Waals surface area (Å²) in [7, 11) is 1.18. The number of carbonyl (C=O) groups is 1. The van der Waals surface area contributed by atoms with Crippen molar-refractivity contribution < 1.29 is 14.5 Å². The van der Waals surface area contributed by atoms with Gasteiger partial charge in [0.05, 0.1) is 23.2 Å². The highest BCUT2D eigenvalue weighted by molar-refractivity contribution is 5.90. The van der Waals surface area contributed by atoms with E-state index in [2.05, 4.69) is 9.91 Å². The molecule has 7 nitrogen and oxygen atoms in total. The van der Waals surface area contributed by atoms with Gasteiger partial charge in [-0.2, -0.15) is 4.91 Å². The molecule has 0 N–H and O–H groups in total. The zero-order chi connectivity index (χ0) is 12.1. The predicted molar refractivity (Wildman–Crippen MR) is 53.9 cm³/mol. The number of nitrogens with zero attached hydrogens (tertiary/aromatic N) is 2. The van der Waals surface area contributed by atoms with Crippen molar-refractivity contribution >= 4 is 11.7 Å². The van der Waals surface area contributed by atoms with Crippen molar-refractivity contribution in [3.05, 3.63) is 44.3 Å². The smallest absolute Gasteiger partial charge is 0.338 e. The first-order chi connectivity index (χ1) is 7.60. The van der Waals surface area contributed by atoms with Gasteiger partial charge in [0, 0.05) is 6.07 Å². The van der Waals surface area contributed by atoms with Crippen molar-refractivity contribution in [1.29, 1.82) is 0 Å². The molecular formula is C9H8N2O5. The monoisotopic (exact) mass is 224 g/mol. The molecule has 0 unspecified atom stereocenters. The van der Waals surface area contributed by atoms with Crippen molar-refractivity contribution in [2.75, 3.05) is 7.11 Å². The molecule has 0 aliphatic rings. The van der Waals surface area contributed by atoms with E-state index in [4.69, 9.17) is 0 Å². The molecule has 7 heteroatoms. The number of nitro benzene ring substituents is 1. The Morgan fingerprint density at radius 3 is 2.75 bits per heavy atom. The van der Waals surface area contributed by atoms with Gasteiger partial charge in [0.2, 0.25) is 0 Å². The van der Waals surface area contributed by atoms with Crippen LogP contribution in [0.2, 0.25) is 0 Å². The highest BCUT2D eigenvalue weighted by Crippen LogP contribution is 2.21. The summed E-state index contributed by atoms with van der Waals surface area (Å²) in [4.78, 5) is 31.2. The van der Waals surface area contributed by atoms with Crippen LogP contribution in [0.1, 0.15) is 15.9 Å². The molecule has 0 atom stereocenters. The summed E-state index contributed by atoms with van der Waals surface area (Å²) in [5, 5.41) is 13.2. The molecule has 0 aromatic heterocycles. The van der Waals surface area contributed by atoms with Gasteiger partial charge in [0.1, 0.15) is 6.54 Å². The van der Waals surface area contributed by atoms with E-state index in [9.17, 15) is 19.8 Å². The molecule has 0 heterocycles. The molecule has 84 valence electrons. The standard InChI is InChI=1S/C9H8N2O5/c1-16-9(12)6-2-3-7(5-10-13)8(4-6)11(14)15/h2-4H,5H2,1H3. The van der Waals surface area contributed by atoms with Crippen LogP contribution in [0.15, 0.2) is 23.4 Å². The molecule has 0 fully saturated rings. The Labute approximate surface area is 90.1 Å². The summed E-state index contributed by atoms with van der Waals surface area (Å²) in [6.45, 7) is -0.308. The van der Waals surface area contributed by atoms with Crippen LogP contribution in [0.5, 0.6) is 0 Å². The molecule has 0 aliphatic heterocycles. The lowest BCUT2D eigenvalue weighted by Gasteiger charge is -2.01. The fraction of sp³-hybridized carbons (Fsp3) is 0.222. The van der Waals surface area contributed by atoms with Gasteiger partial charge < -0.3 is 4.74 Å². The lowest BCUT2D eigenvalue weighted by atomic mass is 10.1. The SMILES string of the molecule is COC(=O)c1ccc(CN=O)c([N+](=O)[O-])c1. The minimum Gasteiger partial charge on any atom is -0.465 e. The van der Waals surface area contributed by atoms with Crippen LogP contribution in [0.4, 0.5) is 5.69 Å². The minimum absolute atomic E-state index is 0.0591. The summed E-state index contributed by atoms with van der Waals surface area (Å²) in [5.41, 5.74) is -0.0981. The summed E-state index contributed by atoms with van der Waals surface area (Å²) in [6, 6.07) is 3.72. The van der Waals surface area contributed by atoms with E-state index in [0.29, 0.717) is 0 Å². The topological polar surface area (TPSA) is 98.9 Å². The number of esters is 1. The van der Waals surface area contributed by atoms with Crippen molar-refractivity contribution in [3.63, 3.8) is 0 Å². The summed E-state index contributed by atoms with van der Waals surface area (Å²) in [6.07, 6.45) is 0. The maximum absolute atomic E-state index is 11.1. The third-order valence-electron chi connectivity index (χ3n) is 1.94. The molecule has 0 bridgehead atoms. The lowest BCUT2D eigenvalue weighted by Crippen LogP contribution is -2.03. The number of carbonyl (C=O) groups excluding carboxylic acids is 1. The third-order valence-corrected chi connectivity index (χ3v) is 1.94. The number of hydrogen-bond donors (Lipinski definition) is 0. The van der Waals surface area contributed by atoms with Crippen molar-refractivity contribution in [2.45, 2.75) is 6.54 Å². The third kappa shape index (κ3) is 2.38.